The molecule has 43 heavy (non-hydrogen) atoms. The second-order valence-corrected chi connectivity index (χ2v) is 12.0. The predicted octanol–water partition coefficient (Wildman–Crippen LogP) is 1.69. The summed E-state index contributed by atoms with van der Waals surface area (Å²) in [6.07, 6.45) is -0.747. The highest BCUT2D eigenvalue weighted by Crippen LogP contribution is 2.27. The number of amides is 4. The minimum Gasteiger partial charge on any atom is -0.469 e. The van der Waals surface area contributed by atoms with Crippen LogP contribution in [0.5, 0.6) is 0 Å². The summed E-state index contributed by atoms with van der Waals surface area (Å²) >= 11 is 1.56. The Hall–Kier alpha value is -3.84. The number of thiazole rings is 1. The monoisotopic (exact) mass is 615 g/mol. The number of methoxy groups -OCH3 is 1. The third-order valence-corrected chi connectivity index (χ3v) is 8.14. The highest BCUT2D eigenvalue weighted by atomic mass is 32.1. The molecule has 0 aliphatic carbocycles. The van der Waals surface area contributed by atoms with Crippen LogP contribution >= 0.6 is 11.3 Å². The van der Waals surface area contributed by atoms with Crippen molar-refractivity contribution in [1.82, 2.24) is 25.8 Å². The summed E-state index contributed by atoms with van der Waals surface area (Å²) in [6.45, 7) is 7.43. The number of hydrogen-bond donors (Lipinski definition) is 4. The van der Waals surface area contributed by atoms with Crippen LogP contribution in [0.2, 0.25) is 0 Å². The molecule has 1 saturated heterocycles. The third-order valence-electron chi connectivity index (χ3n) is 7.16. The Bertz CT molecular complexity index is 1300. The number of nitrogens with zero attached hydrogens (tertiary/aromatic N) is 2. The molecule has 12 nitrogen and oxygen atoms in total. The van der Waals surface area contributed by atoms with Gasteiger partial charge in [0.1, 0.15) is 18.1 Å². The van der Waals surface area contributed by atoms with Crippen molar-refractivity contribution in [3.8, 4) is 10.4 Å². The molecule has 4 amide bonds. The van der Waals surface area contributed by atoms with Crippen LogP contribution in [0.1, 0.15) is 57.7 Å². The van der Waals surface area contributed by atoms with Gasteiger partial charge in [0, 0.05) is 25.9 Å². The minimum absolute atomic E-state index is 0.0419. The molecule has 2 unspecified atom stereocenters. The molecule has 1 fully saturated rings. The molecule has 0 radical (unpaired) electrons. The van der Waals surface area contributed by atoms with E-state index in [9.17, 15) is 29.1 Å². The molecule has 1 aliphatic rings. The Balaban J connectivity index is 1.58. The first kappa shape index (κ1) is 33.7. The van der Waals surface area contributed by atoms with Gasteiger partial charge in [-0.05, 0) is 37.3 Å². The minimum atomic E-state index is -1.02. The van der Waals surface area contributed by atoms with Crippen LogP contribution < -0.4 is 16.0 Å². The number of carbonyl (C=O) groups is 5. The number of aliphatic hydroxyl groups excluding tert-OH is 1. The Morgan fingerprint density at radius 1 is 1.09 bits per heavy atom. The van der Waals surface area contributed by atoms with Crippen molar-refractivity contribution in [1.29, 1.82) is 0 Å². The van der Waals surface area contributed by atoms with Crippen molar-refractivity contribution in [3.05, 3.63) is 41.0 Å². The first-order valence-corrected chi connectivity index (χ1v) is 15.2. The molecule has 0 bridgehead atoms. The zero-order valence-electron chi connectivity index (χ0n) is 25.2. The third kappa shape index (κ3) is 9.58. The number of carbonyl (C=O) groups excluding carboxylic acids is 5. The van der Waals surface area contributed by atoms with E-state index in [2.05, 4.69) is 25.7 Å². The van der Waals surface area contributed by atoms with Gasteiger partial charge in [-0.3, -0.25) is 24.0 Å². The van der Waals surface area contributed by atoms with E-state index in [-0.39, 0.29) is 38.3 Å². The topological polar surface area (TPSA) is 167 Å². The standard InChI is InChI=1S/C30H41N5O7S/c1-17(2)12-23(34-25(37)10-11-26(38)42-5)28(39)33-19(4)30(41)35-15-22(36)13-24(35)29(40)31-14-20-6-8-21(9-7-20)27-18(3)32-16-43-27/h6-9,16-17,19,22-24,36H,10-15H2,1-5H3,(H,31,40)(H,33,39)(H,34,37)/t19?,22-,23?,24+/m1/s1. The normalized spacial score (nSPS) is 17.7. The molecule has 3 rings (SSSR count). The number of ether oxygens (including phenoxy) is 1. The summed E-state index contributed by atoms with van der Waals surface area (Å²) in [5.74, 6) is -2.45. The molecule has 2 aromatic rings. The highest BCUT2D eigenvalue weighted by Gasteiger charge is 2.40. The lowest BCUT2D eigenvalue weighted by molar-refractivity contribution is -0.142. The van der Waals surface area contributed by atoms with Gasteiger partial charge < -0.3 is 30.7 Å². The second-order valence-electron chi connectivity index (χ2n) is 11.1. The number of aryl methyl sites for hydroxylation is 1. The molecule has 0 spiro atoms. The van der Waals surface area contributed by atoms with Crippen LogP contribution in [-0.4, -0.2) is 82.5 Å². The molecule has 13 heteroatoms. The lowest BCUT2D eigenvalue weighted by Crippen LogP contribution is -2.56. The highest BCUT2D eigenvalue weighted by molar-refractivity contribution is 7.13. The van der Waals surface area contributed by atoms with Crippen molar-refractivity contribution in [3.63, 3.8) is 0 Å². The van der Waals surface area contributed by atoms with Gasteiger partial charge in [0.2, 0.25) is 23.6 Å². The first-order chi connectivity index (χ1) is 20.4. The molecular weight excluding hydrogens is 574 g/mol. The summed E-state index contributed by atoms with van der Waals surface area (Å²) in [5.41, 5.74) is 4.67. The smallest absolute Gasteiger partial charge is 0.306 e. The van der Waals surface area contributed by atoms with Crippen molar-refractivity contribution in [2.75, 3.05) is 13.7 Å². The number of aliphatic hydroxyl groups is 1. The molecule has 4 N–H and O–H groups in total. The quantitative estimate of drug-likeness (QED) is 0.247. The van der Waals surface area contributed by atoms with Gasteiger partial charge >= 0.3 is 5.97 Å². The molecule has 1 aromatic carbocycles. The number of hydrogen-bond acceptors (Lipinski definition) is 9. The van der Waals surface area contributed by atoms with E-state index in [4.69, 9.17) is 0 Å². The van der Waals surface area contributed by atoms with Crippen molar-refractivity contribution in [2.45, 2.75) is 84.2 Å². The summed E-state index contributed by atoms with van der Waals surface area (Å²) in [7, 11) is 1.23. The first-order valence-electron chi connectivity index (χ1n) is 14.3. The van der Waals surface area contributed by atoms with Gasteiger partial charge in [0.25, 0.3) is 0 Å². The summed E-state index contributed by atoms with van der Waals surface area (Å²) in [6, 6.07) is 4.94. The largest absolute Gasteiger partial charge is 0.469 e. The Labute approximate surface area is 255 Å². The van der Waals surface area contributed by atoms with Crippen LogP contribution in [0.4, 0.5) is 0 Å². The maximum absolute atomic E-state index is 13.3. The number of benzene rings is 1. The summed E-state index contributed by atoms with van der Waals surface area (Å²) in [4.78, 5) is 69.9. The van der Waals surface area contributed by atoms with Crippen LogP contribution in [0.15, 0.2) is 29.8 Å². The van der Waals surface area contributed by atoms with Gasteiger partial charge in [-0.25, -0.2) is 4.98 Å². The number of esters is 1. The second kappa shape index (κ2) is 15.6. The zero-order valence-corrected chi connectivity index (χ0v) is 26.0. The average Bonchev–Trinajstić information content (AvgIpc) is 3.58. The number of aromatic nitrogens is 1. The Kier molecular flexibility index (Phi) is 12.2. The van der Waals surface area contributed by atoms with Crippen molar-refractivity contribution < 1.29 is 33.8 Å². The van der Waals surface area contributed by atoms with Gasteiger partial charge in [0.05, 0.1) is 35.7 Å². The van der Waals surface area contributed by atoms with Gasteiger partial charge in [0.15, 0.2) is 0 Å². The molecular formula is C30H41N5O7S. The van der Waals surface area contributed by atoms with E-state index < -0.39 is 53.8 Å². The number of nitrogens with one attached hydrogen (secondary N) is 3. The van der Waals surface area contributed by atoms with Crippen molar-refractivity contribution >= 4 is 40.9 Å². The van der Waals surface area contributed by atoms with Crippen LogP contribution in [-0.2, 0) is 35.3 Å². The Morgan fingerprint density at radius 3 is 2.40 bits per heavy atom. The maximum Gasteiger partial charge on any atom is 0.306 e. The molecule has 0 saturated carbocycles. The van der Waals surface area contributed by atoms with E-state index in [0.29, 0.717) is 6.42 Å². The van der Waals surface area contributed by atoms with E-state index in [0.717, 1.165) is 21.7 Å². The van der Waals surface area contributed by atoms with Crippen LogP contribution in [0.3, 0.4) is 0 Å². The average molecular weight is 616 g/mol. The van der Waals surface area contributed by atoms with Gasteiger partial charge in [-0.2, -0.15) is 0 Å². The molecule has 2 heterocycles. The van der Waals surface area contributed by atoms with E-state index >= 15 is 0 Å². The van der Waals surface area contributed by atoms with Crippen LogP contribution in [0.25, 0.3) is 10.4 Å². The number of rotatable bonds is 13. The molecule has 234 valence electrons. The Morgan fingerprint density at radius 2 is 1.79 bits per heavy atom. The predicted molar refractivity (Wildman–Crippen MR) is 160 cm³/mol. The molecule has 4 atom stereocenters. The van der Waals surface area contributed by atoms with E-state index in [1.807, 2.05) is 45.0 Å². The fourth-order valence-electron chi connectivity index (χ4n) is 4.88. The molecule has 1 aliphatic heterocycles. The fraction of sp³-hybridized carbons (Fsp3) is 0.533. The number of β-amino-alcohol motifs (C(OH)–C–C–N with tert-alkyl or cyclic N) is 1. The number of likely N-dealkylation sites (tertiary alicyclic amines) is 1. The van der Waals surface area contributed by atoms with Gasteiger partial charge in [-0.1, -0.05) is 38.1 Å². The van der Waals surface area contributed by atoms with Crippen LogP contribution in [0, 0.1) is 12.8 Å². The van der Waals surface area contributed by atoms with E-state index in [1.54, 1.807) is 16.8 Å². The molecule has 1 aromatic heterocycles. The summed E-state index contributed by atoms with van der Waals surface area (Å²) < 4.78 is 4.55. The lowest BCUT2D eigenvalue weighted by Gasteiger charge is -2.28. The SMILES string of the molecule is COC(=O)CCC(=O)NC(CC(C)C)C(=O)NC(C)C(=O)N1C[C@H](O)C[C@H]1C(=O)NCc1ccc(-c2scnc2C)cc1. The zero-order chi connectivity index (χ0) is 31.7. The fourth-order valence-corrected chi connectivity index (χ4v) is 5.69. The van der Waals surface area contributed by atoms with Crippen molar-refractivity contribution in [2.24, 2.45) is 5.92 Å². The van der Waals surface area contributed by atoms with Gasteiger partial charge in [-0.15, -0.1) is 11.3 Å². The maximum atomic E-state index is 13.3. The van der Waals surface area contributed by atoms with E-state index in [1.165, 1.54) is 18.9 Å². The summed E-state index contributed by atoms with van der Waals surface area (Å²) in [5, 5.41) is 18.4. The lowest BCUT2D eigenvalue weighted by atomic mass is 10.0.